The van der Waals surface area contributed by atoms with Gasteiger partial charge in [0, 0.05) is 18.3 Å². The molecule has 21 heavy (non-hydrogen) atoms. The predicted octanol–water partition coefficient (Wildman–Crippen LogP) is 4.07. The van der Waals surface area contributed by atoms with Crippen molar-refractivity contribution >= 4 is 0 Å². The molecule has 1 N–H and O–H groups in total. The Balaban J connectivity index is 2.05. The number of pyridine rings is 1. The highest BCUT2D eigenvalue weighted by Gasteiger charge is 2.04. The third-order valence-electron chi connectivity index (χ3n) is 2.91. The van der Waals surface area contributed by atoms with Crippen LogP contribution in [0.2, 0.25) is 0 Å². The molecule has 0 spiro atoms. The van der Waals surface area contributed by atoms with E-state index in [1.165, 1.54) is 12.1 Å². The molecule has 0 bridgehead atoms. The van der Waals surface area contributed by atoms with Crippen molar-refractivity contribution in [2.24, 2.45) is 5.92 Å². The van der Waals surface area contributed by atoms with Crippen molar-refractivity contribution in [1.82, 2.24) is 10.3 Å². The Morgan fingerprint density at radius 2 is 1.90 bits per heavy atom. The number of ether oxygens (including phenoxy) is 1. The van der Waals surface area contributed by atoms with E-state index in [-0.39, 0.29) is 5.82 Å². The van der Waals surface area contributed by atoms with Crippen molar-refractivity contribution in [3.8, 4) is 11.6 Å². The fourth-order valence-corrected chi connectivity index (χ4v) is 1.99. The first-order valence-corrected chi connectivity index (χ1v) is 7.14. The van der Waals surface area contributed by atoms with E-state index in [1.807, 2.05) is 19.1 Å². The fraction of sp³-hybridized carbons (Fsp3) is 0.353. The van der Waals surface area contributed by atoms with Gasteiger partial charge in [0.25, 0.3) is 0 Å². The van der Waals surface area contributed by atoms with Gasteiger partial charge in [0.1, 0.15) is 11.6 Å². The molecule has 0 fully saturated rings. The summed E-state index contributed by atoms with van der Waals surface area (Å²) >= 11 is 0. The van der Waals surface area contributed by atoms with Crippen molar-refractivity contribution < 1.29 is 9.13 Å². The molecule has 0 aliphatic rings. The highest BCUT2D eigenvalue weighted by molar-refractivity contribution is 5.30. The van der Waals surface area contributed by atoms with Crippen molar-refractivity contribution in [2.75, 3.05) is 6.54 Å². The number of nitrogens with one attached hydrogen (secondary N) is 1. The van der Waals surface area contributed by atoms with Gasteiger partial charge in [0.15, 0.2) is 0 Å². The number of nitrogens with zero attached hydrogens (tertiary/aromatic N) is 1. The molecule has 0 unspecified atom stereocenters. The molecule has 0 aliphatic carbocycles. The van der Waals surface area contributed by atoms with E-state index in [0.29, 0.717) is 17.5 Å². The highest BCUT2D eigenvalue weighted by Crippen LogP contribution is 2.21. The van der Waals surface area contributed by atoms with Gasteiger partial charge in [-0.1, -0.05) is 13.8 Å². The fourth-order valence-electron chi connectivity index (χ4n) is 1.99. The van der Waals surface area contributed by atoms with Crippen LogP contribution in [0.3, 0.4) is 0 Å². The largest absolute Gasteiger partial charge is 0.439 e. The van der Waals surface area contributed by atoms with Crippen LogP contribution in [0, 0.1) is 18.7 Å². The normalized spacial score (nSPS) is 10.9. The topological polar surface area (TPSA) is 34.1 Å². The zero-order valence-electron chi connectivity index (χ0n) is 12.7. The van der Waals surface area contributed by atoms with Gasteiger partial charge in [-0.15, -0.1) is 0 Å². The van der Waals surface area contributed by atoms with Crippen LogP contribution in [0.1, 0.15) is 25.1 Å². The molecule has 0 saturated heterocycles. The number of benzene rings is 1. The second-order valence-corrected chi connectivity index (χ2v) is 5.54. The maximum atomic E-state index is 12.9. The lowest BCUT2D eigenvalue weighted by Crippen LogP contribution is -2.19. The number of rotatable bonds is 6. The third kappa shape index (κ3) is 5.16. The molecule has 112 valence electrons. The number of hydrogen-bond acceptors (Lipinski definition) is 3. The summed E-state index contributed by atoms with van der Waals surface area (Å²) in [5, 5.41) is 3.39. The van der Waals surface area contributed by atoms with E-state index in [0.717, 1.165) is 24.3 Å². The monoisotopic (exact) mass is 288 g/mol. The van der Waals surface area contributed by atoms with Gasteiger partial charge in [-0.3, -0.25) is 0 Å². The number of halogens is 1. The summed E-state index contributed by atoms with van der Waals surface area (Å²) in [7, 11) is 0. The Morgan fingerprint density at radius 3 is 2.57 bits per heavy atom. The lowest BCUT2D eigenvalue weighted by molar-refractivity contribution is 0.458. The molecule has 3 nitrogen and oxygen atoms in total. The minimum Gasteiger partial charge on any atom is -0.439 e. The Bertz CT molecular complexity index is 582. The van der Waals surface area contributed by atoms with Crippen molar-refractivity contribution in [3.05, 3.63) is 53.5 Å². The van der Waals surface area contributed by atoms with Crippen LogP contribution in [-0.4, -0.2) is 11.5 Å². The number of hydrogen-bond donors (Lipinski definition) is 1. The van der Waals surface area contributed by atoms with E-state index >= 15 is 0 Å². The summed E-state index contributed by atoms with van der Waals surface area (Å²) in [6.45, 7) is 8.03. The summed E-state index contributed by atoms with van der Waals surface area (Å²) in [4.78, 5) is 4.35. The second-order valence-electron chi connectivity index (χ2n) is 5.54. The van der Waals surface area contributed by atoms with Crippen LogP contribution in [0.15, 0.2) is 36.4 Å². The van der Waals surface area contributed by atoms with Gasteiger partial charge in [-0.05, 0) is 55.3 Å². The van der Waals surface area contributed by atoms with E-state index in [2.05, 4.69) is 24.1 Å². The van der Waals surface area contributed by atoms with Gasteiger partial charge < -0.3 is 10.1 Å². The first-order valence-electron chi connectivity index (χ1n) is 7.14. The summed E-state index contributed by atoms with van der Waals surface area (Å²) in [6, 6.07) is 9.87. The minimum atomic E-state index is -0.280. The highest BCUT2D eigenvalue weighted by atomic mass is 19.1. The zero-order valence-corrected chi connectivity index (χ0v) is 12.7. The maximum Gasteiger partial charge on any atom is 0.219 e. The molecule has 0 saturated carbocycles. The molecule has 2 aromatic rings. The molecule has 0 amide bonds. The van der Waals surface area contributed by atoms with Crippen LogP contribution in [-0.2, 0) is 6.54 Å². The SMILES string of the molecule is Cc1cc(CNCC(C)C)cc(Oc2ccc(F)cc2)n1. The average Bonchev–Trinajstić information content (AvgIpc) is 2.40. The van der Waals surface area contributed by atoms with Crippen LogP contribution >= 0.6 is 0 Å². The second kappa shape index (κ2) is 7.18. The van der Waals surface area contributed by atoms with E-state index in [4.69, 9.17) is 4.74 Å². The predicted molar refractivity (Wildman–Crippen MR) is 82.0 cm³/mol. The van der Waals surface area contributed by atoms with Crippen LogP contribution < -0.4 is 10.1 Å². The van der Waals surface area contributed by atoms with Crippen LogP contribution in [0.4, 0.5) is 4.39 Å². The summed E-state index contributed by atoms with van der Waals surface area (Å²) < 4.78 is 18.6. The van der Waals surface area contributed by atoms with Gasteiger partial charge in [-0.25, -0.2) is 9.37 Å². The van der Waals surface area contributed by atoms with Crippen LogP contribution in [0.25, 0.3) is 0 Å². The van der Waals surface area contributed by atoms with E-state index in [1.54, 1.807) is 12.1 Å². The lowest BCUT2D eigenvalue weighted by atomic mass is 10.2. The molecule has 4 heteroatoms. The van der Waals surface area contributed by atoms with Gasteiger partial charge in [-0.2, -0.15) is 0 Å². The molecule has 1 aromatic carbocycles. The molecule has 0 aliphatic heterocycles. The summed E-state index contributed by atoms with van der Waals surface area (Å²) in [6.07, 6.45) is 0. The van der Waals surface area contributed by atoms with Gasteiger partial charge in [0.2, 0.25) is 5.88 Å². The van der Waals surface area contributed by atoms with Gasteiger partial charge in [0.05, 0.1) is 0 Å². The molecule has 1 aromatic heterocycles. The van der Waals surface area contributed by atoms with Crippen molar-refractivity contribution in [1.29, 1.82) is 0 Å². The van der Waals surface area contributed by atoms with E-state index < -0.39 is 0 Å². The first-order chi connectivity index (χ1) is 10.0. The Labute approximate surface area is 125 Å². The lowest BCUT2D eigenvalue weighted by Gasteiger charge is -2.10. The maximum absolute atomic E-state index is 12.9. The summed E-state index contributed by atoms with van der Waals surface area (Å²) in [5.41, 5.74) is 2.02. The Hall–Kier alpha value is -1.94. The van der Waals surface area contributed by atoms with Gasteiger partial charge >= 0.3 is 0 Å². The first kappa shape index (κ1) is 15.4. The Morgan fingerprint density at radius 1 is 1.19 bits per heavy atom. The quantitative estimate of drug-likeness (QED) is 0.870. The molecule has 0 radical (unpaired) electrons. The standard InChI is InChI=1S/C17H21FN2O/c1-12(2)10-19-11-14-8-13(3)20-17(9-14)21-16-6-4-15(18)5-7-16/h4-9,12,19H,10-11H2,1-3H3. The molecule has 2 rings (SSSR count). The summed E-state index contributed by atoms with van der Waals surface area (Å²) in [5.74, 6) is 1.44. The third-order valence-corrected chi connectivity index (χ3v) is 2.91. The minimum absolute atomic E-state index is 0.280. The Kier molecular flexibility index (Phi) is 5.28. The smallest absolute Gasteiger partial charge is 0.219 e. The number of aryl methyl sites for hydroxylation is 1. The zero-order chi connectivity index (χ0) is 15.2. The van der Waals surface area contributed by atoms with E-state index in [9.17, 15) is 4.39 Å². The average molecular weight is 288 g/mol. The van der Waals surface area contributed by atoms with Crippen molar-refractivity contribution in [3.63, 3.8) is 0 Å². The molecule has 1 heterocycles. The number of aromatic nitrogens is 1. The molecule has 0 atom stereocenters. The molecular weight excluding hydrogens is 267 g/mol. The van der Waals surface area contributed by atoms with Crippen molar-refractivity contribution in [2.45, 2.75) is 27.3 Å². The molecular formula is C17H21FN2O. The van der Waals surface area contributed by atoms with Crippen LogP contribution in [0.5, 0.6) is 11.6 Å².